The lowest BCUT2D eigenvalue weighted by atomic mass is 10.1. The van der Waals surface area contributed by atoms with Crippen LogP contribution in [0, 0.1) is 6.92 Å². The molecule has 1 heterocycles. The fourth-order valence-electron chi connectivity index (χ4n) is 2.42. The molecule has 1 fully saturated rings. The third-order valence-corrected chi connectivity index (χ3v) is 4.81. The van der Waals surface area contributed by atoms with Crippen molar-refractivity contribution in [1.82, 2.24) is 10.2 Å². The van der Waals surface area contributed by atoms with Crippen LogP contribution in [0.1, 0.15) is 25.0 Å². The molecule has 0 saturated carbocycles. The molecule has 0 radical (unpaired) electrons. The summed E-state index contributed by atoms with van der Waals surface area (Å²) in [5, 5.41) is 3.48. The summed E-state index contributed by atoms with van der Waals surface area (Å²) < 4.78 is 0.305. The number of hydrogen-bond donors (Lipinski definition) is 1. The molecular formula is C16H25N3S. The van der Waals surface area contributed by atoms with Crippen LogP contribution in [0.25, 0.3) is 0 Å². The molecule has 4 heteroatoms. The van der Waals surface area contributed by atoms with Crippen LogP contribution in [0.15, 0.2) is 29.3 Å². The lowest BCUT2D eigenvalue weighted by Crippen LogP contribution is -2.50. The van der Waals surface area contributed by atoms with Crippen LogP contribution in [0.3, 0.4) is 0 Å². The minimum atomic E-state index is 0.305. The van der Waals surface area contributed by atoms with Gasteiger partial charge in [-0.05, 0) is 26.3 Å². The highest BCUT2D eigenvalue weighted by molar-refractivity contribution is 8.00. The van der Waals surface area contributed by atoms with E-state index >= 15 is 0 Å². The third kappa shape index (κ3) is 4.17. The van der Waals surface area contributed by atoms with Crippen molar-refractivity contribution in [3.05, 3.63) is 35.4 Å². The zero-order valence-corrected chi connectivity index (χ0v) is 13.8. The molecule has 1 aromatic carbocycles. The second kappa shape index (κ2) is 6.53. The summed E-state index contributed by atoms with van der Waals surface area (Å²) >= 11 is 2.04. The number of aliphatic imine (C=N–C) groups is 1. The van der Waals surface area contributed by atoms with E-state index in [2.05, 4.69) is 60.2 Å². The summed E-state index contributed by atoms with van der Waals surface area (Å²) in [6, 6.07) is 8.65. The third-order valence-electron chi connectivity index (χ3n) is 3.51. The monoisotopic (exact) mass is 291 g/mol. The number of guanidine groups is 1. The Balaban J connectivity index is 1.94. The molecule has 0 amide bonds. The van der Waals surface area contributed by atoms with Gasteiger partial charge in [0.1, 0.15) is 0 Å². The molecule has 0 unspecified atom stereocenters. The van der Waals surface area contributed by atoms with Crippen LogP contribution in [-0.2, 0) is 6.54 Å². The molecule has 0 bridgehead atoms. The van der Waals surface area contributed by atoms with Crippen LogP contribution in [0.2, 0.25) is 0 Å². The van der Waals surface area contributed by atoms with E-state index in [0.29, 0.717) is 4.75 Å². The Labute approximate surface area is 126 Å². The molecule has 0 spiro atoms. The molecule has 20 heavy (non-hydrogen) atoms. The zero-order chi connectivity index (χ0) is 14.6. The Morgan fingerprint density at radius 1 is 1.35 bits per heavy atom. The van der Waals surface area contributed by atoms with Gasteiger partial charge in [-0.3, -0.25) is 4.99 Å². The van der Waals surface area contributed by atoms with E-state index in [1.54, 1.807) is 0 Å². The van der Waals surface area contributed by atoms with E-state index in [9.17, 15) is 0 Å². The van der Waals surface area contributed by atoms with Gasteiger partial charge >= 0.3 is 0 Å². The first-order chi connectivity index (χ1) is 9.50. The van der Waals surface area contributed by atoms with Gasteiger partial charge in [0.2, 0.25) is 0 Å². The number of aryl methyl sites for hydroxylation is 1. The largest absolute Gasteiger partial charge is 0.352 e. The standard InChI is InChI=1S/C16H25N3S/c1-13-5-7-14(8-6-13)11-18-15(17-4)19-9-10-20-16(2,3)12-19/h5-8H,9-12H2,1-4H3,(H,17,18). The maximum Gasteiger partial charge on any atom is 0.193 e. The Morgan fingerprint density at radius 2 is 2.05 bits per heavy atom. The average molecular weight is 291 g/mol. The smallest absolute Gasteiger partial charge is 0.193 e. The van der Waals surface area contributed by atoms with E-state index < -0.39 is 0 Å². The Hall–Kier alpha value is -1.16. The number of hydrogen-bond acceptors (Lipinski definition) is 2. The summed E-state index contributed by atoms with van der Waals surface area (Å²) in [5.41, 5.74) is 2.59. The van der Waals surface area contributed by atoms with Crippen molar-refractivity contribution in [3.8, 4) is 0 Å². The second-order valence-corrected chi connectivity index (χ2v) is 7.72. The van der Waals surface area contributed by atoms with E-state index in [4.69, 9.17) is 0 Å². The Morgan fingerprint density at radius 3 is 2.65 bits per heavy atom. The van der Waals surface area contributed by atoms with Crippen molar-refractivity contribution in [3.63, 3.8) is 0 Å². The molecule has 1 aromatic rings. The van der Waals surface area contributed by atoms with Crippen molar-refractivity contribution in [2.45, 2.75) is 32.1 Å². The molecule has 0 atom stereocenters. The quantitative estimate of drug-likeness (QED) is 0.671. The van der Waals surface area contributed by atoms with Crippen molar-refractivity contribution < 1.29 is 0 Å². The fourth-order valence-corrected chi connectivity index (χ4v) is 3.53. The van der Waals surface area contributed by atoms with Crippen LogP contribution in [0.5, 0.6) is 0 Å². The number of thioether (sulfide) groups is 1. The summed E-state index contributed by atoms with van der Waals surface area (Å²) in [6.07, 6.45) is 0. The first kappa shape index (κ1) is 15.2. The molecule has 1 N–H and O–H groups in total. The lowest BCUT2D eigenvalue weighted by Gasteiger charge is -2.39. The highest BCUT2D eigenvalue weighted by atomic mass is 32.2. The average Bonchev–Trinajstić information content (AvgIpc) is 2.40. The second-order valence-electron chi connectivity index (χ2n) is 5.92. The van der Waals surface area contributed by atoms with E-state index in [1.807, 2.05) is 18.8 Å². The molecule has 1 aliphatic rings. The summed E-state index contributed by atoms with van der Waals surface area (Å²) in [4.78, 5) is 6.80. The van der Waals surface area contributed by atoms with Gasteiger partial charge < -0.3 is 10.2 Å². The fraction of sp³-hybridized carbons (Fsp3) is 0.562. The number of nitrogens with zero attached hydrogens (tertiary/aromatic N) is 2. The lowest BCUT2D eigenvalue weighted by molar-refractivity contribution is 0.376. The van der Waals surface area contributed by atoms with Gasteiger partial charge in [0.25, 0.3) is 0 Å². The highest BCUT2D eigenvalue weighted by Crippen LogP contribution is 2.29. The molecule has 0 aliphatic carbocycles. The predicted octanol–water partition coefficient (Wildman–Crippen LogP) is 2.90. The summed E-state index contributed by atoms with van der Waals surface area (Å²) in [5.74, 6) is 2.18. The minimum Gasteiger partial charge on any atom is -0.352 e. The predicted molar refractivity (Wildman–Crippen MR) is 89.5 cm³/mol. The van der Waals surface area contributed by atoms with Gasteiger partial charge in [0.05, 0.1) is 0 Å². The Bertz CT molecular complexity index is 465. The highest BCUT2D eigenvalue weighted by Gasteiger charge is 2.28. The van der Waals surface area contributed by atoms with Crippen molar-refractivity contribution >= 4 is 17.7 Å². The van der Waals surface area contributed by atoms with Gasteiger partial charge in [0, 0.05) is 37.2 Å². The number of benzene rings is 1. The Kier molecular flexibility index (Phi) is 4.97. The van der Waals surface area contributed by atoms with Crippen LogP contribution in [0.4, 0.5) is 0 Å². The van der Waals surface area contributed by atoms with Gasteiger partial charge in [-0.2, -0.15) is 11.8 Å². The SMILES string of the molecule is CN=C(NCc1ccc(C)cc1)N1CCSC(C)(C)C1. The van der Waals surface area contributed by atoms with Gasteiger partial charge in [0.15, 0.2) is 5.96 Å². The van der Waals surface area contributed by atoms with E-state index in [1.165, 1.54) is 11.1 Å². The molecule has 3 nitrogen and oxygen atoms in total. The first-order valence-corrected chi connectivity index (χ1v) is 8.14. The molecule has 1 aliphatic heterocycles. The topological polar surface area (TPSA) is 27.6 Å². The molecule has 1 saturated heterocycles. The minimum absolute atomic E-state index is 0.305. The molecule has 0 aromatic heterocycles. The molecule has 110 valence electrons. The molecule has 2 rings (SSSR count). The zero-order valence-electron chi connectivity index (χ0n) is 12.9. The van der Waals surface area contributed by atoms with Crippen molar-refractivity contribution in [2.75, 3.05) is 25.9 Å². The van der Waals surface area contributed by atoms with E-state index in [0.717, 1.165) is 31.3 Å². The maximum absolute atomic E-state index is 4.43. The first-order valence-electron chi connectivity index (χ1n) is 7.15. The molecular weight excluding hydrogens is 266 g/mol. The van der Waals surface area contributed by atoms with E-state index in [-0.39, 0.29) is 0 Å². The summed E-state index contributed by atoms with van der Waals surface area (Å²) in [6.45, 7) is 9.67. The van der Waals surface area contributed by atoms with Crippen LogP contribution >= 0.6 is 11.8 Å². The van der Waals surface area contributed by atoms with Crippen LogP contribution in [-0.4, -0.2) is 41.5 Å². The maximum atomic E-state index is 4.43. The van der Waals surface area contributed by atoms with Crippen molar-refractivity contribution in [2.24, 2.45) is 4.99 Å². The van der Waals surface area contributed by atoms with Crippen LogP contribution < -0.4 is 5.32 Å². The van der Waals surface area contributed by atoms with Gasteiger partial charge in [-0.25, -0.2) is 0 Å². The number of nitrogens with one attached hydrogen (secondary N) is 1. The van der Waals surface area contributed by atoms with Crippen molar-refractivity contribution in [1.29, 1.82) is 0 Å². The summed E-state index contributed by atoms with van der Waals surface area (Å²) in [7, 11) is 1.87. The normalized spacial score (nSPS) is 19.0. The van der Waals surface area contributed by atoms with Gasteiger partial charge in [-0.1, -0.05) is 29.8 Å². The number of rotatable bonds is 2. The van der Waals surface area contributed by atoms with Gasteiger partial charge in [-0.15, -0.1) is 0 Å².